The molecule has 0 aliphatic carbocycles. The molecule has 0 aliphatic heterocycles. The predicted octanol–water partition coefficient (Wildman–Crippen LogP) is 5.55. The summed E-state index contributed by atoms with van der Waals surface area (Å²) in [6.07, 6.45) is 3.86. The summed E-state index contributed by atoms with van der Waals surface area (Å²) in [6, 6.07) is 8.89. The second kappa shape index (κ2) is 5.23. The first-order valence-electron chi connectivity index (χ1n) is 8.39. The van der Waals surface area contributed by atoms with Crippen LogP contribution in [0.5, 0.6) is 5.75 Å². The number of fused-ring (bicyclic) bond motifs is 4. The van der Waals surface area contributed by atoms with Crippen LogP contribution in [0.15, 0.2) is 36.7 Å². The first-order valence-corrected chi connectivity index (χ1v) is 8.39. The molecule has 4 aromatic rings. The van der Waals surface area contributed by atoms with Crippen LogP contribution in [0.1, 0.15) is 31.0 Å². The summed E-state index contributed by atoms with van der Waals surface area (Å²) in [5.41, 5.74) is 5.19. The molecule has 0 spiro atoms. The van der Waals surface area contributed by atoms with E-state index in [9.17, 15) is 0 Å². The van der Waals surface area contributed by atoms with Gasteiger partial charge in [-0.25, -0.2) is 0 Å². The smallest absolute Gasteiger partial charge is 0.119 e. The minimum Gasteiger partial charge on any atom is -0.497 e. The van der Waals surface area contributed by atoms with E-state index in [0.717, 1.165) is 5.75 Å². The van der Waals surface area contributed by atoms with E-state index in [1.54, 1.807) is 7.11 Å². The van der Waals surface area contributed by atoms with Gasteiger partial charge in [-0.05, 0) is 68.5 Å². The monoisotopic (exact) mass is 318 g/mol. The molecular weight excluding hydrogens is 296 g/mol. The van der Waals surface area contributed by atoms with Crippen molar-refractivity contribution in [1.29, 1.82) is 0 Å². The molecule has 2 aromatic heterocycles. The van der Waals surface area contributed by atoms with Gasteiger partial charge in [0.2, 0.25) is 0 Å². The maximum absolute atomic E-state index is 5.48. The highest BCUT2D eigenvalue weighted by Gasteiger charge is 2.19. The standard InChI is InChI=1S/C21H22N2O/c1-12(2)23-19-7-6-15(24-5)10-17(19)20-13(3)18-11-22-9-8-16(18)14(4)21(20)23/h6-12H,1-5H3. The fourth-order valence-electron chi connectivity index (χ4n) is 3.99. The van der Waals surface area contributed by atoms with E-state index < -0.39 is 0 Å². The predicted molar refractivity (Wildman–Crippen MR) is 101 cm³/mol. The van der Waals surface area contributed by atoms with E-state index in [2.05, 4.69) is 55.4 Å². The number of ether oxygens (including phenoxy) is 1. The van der Waals surface area contributed by atoms with Crippen LogP contribution in [-0.2, 0) is 0 Å². The first-order chi connectivity index (χ1) is 11.5. The largest absolute Gasteiger partial charge is 0.497 e. The van der Waals surface area contributed by atoms with Crippen molar-refractivity contribution < 1.29 is 4.74 Å². The van der Waals surface area contributed by atoms with Crippen LogP contribution in [0.3, 0.4) is 0 Å². The highest BCUT2D eigenvalue weighted by Crippen LogP contribution is 2.40. The van der Waals surface area contributed by atoms with Gasteiger partial charge in [-0.15, -0.1) is 0 Å². The van der Waals surface area contributed by atoms with Gasteiger partial charge in [-0.3, -0.25) is 4.98 Å². The number of methoxy groups -OCH3 is 1. The zero-order chi connectivity index (χ0) is 17.0. The molecule has 0 fully saturated rings. The summed E-state index contributed by atoms with van der Waals surface area (Å²) in [4.78, 5) is 4.35. The highest BCUT2D eigenvalue weighted by molar-refractivity contribution is 6.17. The van der Waals surface area contributed by atoms with Crippen LogP contribution in [0.25, 0.3) is 32.6 Å². The van der Waals surface area contributed by atoms with Gasteiger partial charge >= 0.3 is 0 Å². The first kappa shape index (κ1) is 15.0. The lowest BCUT2D eigenvalue weighted by molar-refractivity contribution is 0.415. The van der Waals surface area contributed by atoms with E-state index in [4.69, 9.17) is 4.74 Å². The third kappa shape index (κ3) is 1.87. The fraction of sp³-hybridized carbons (Fsp3) is 0.286. The van der Waals surface area contributed by atoms with Gasteiger partial charge in [-0.1, -0.05) is 0 Å². The Morgan fingerprint density at radius 3 is 2.50 bits per heavy atom. The third-order valence-electron chi connectivity index (χ3n) is 5.09. The Morgan fingerprint density at radius 2 is 1.79 bits per heavy atom. The summed E-state index contributed by atoms with van der Waals surface area (Å²) in [5, 5.41) is 5.08. The van der Waals surface area contributed by atoms with Crippen molar-refractivity contribution in [3.63, 3.8) is 0 Å². The van der Waals surface area contributed by atoms with Crippen molar-refractivity contribution >= 4 is 32.6 Å². The van der Waals surface area contributed by atoms with Crippen LogP contribution in [-0.4, -0.2) is 16.7 Å². The topological polar surface area (TPSA) is 27.1 Å². The van der Waals surface area contributed by atoms with E-state index in [1.807, 2.05) is 18.5 Å². The second-order valence-electron chi connectivity index (χ2n) is 6.74. The molecule has 0 atom stereocenters. The van der Waals surface area contributed by atoms with Gasteiger partial charge in [0.25, 0.3) is 0 Å². The van der Waals surface area contributed by atoms with Gasteiger partial charge < -0.3 is 9.30 Å². The Balaban J connectivity index is 2.35. The van der Waals surface area contributed by atoms with E-state index in [-0.39, 0.29) is 0 Å². The third-order valence-corrected chi connectivity index (χ3v) is 5.09. The summed E-state index contributed by atoms with van der Waals surface area (Å²) >= 11 is 0. The average Bonchev–Trinajstić information content (AvgIpc) is 2.94. The van der Waals surface area contributed by atoms with Crippen LogP contribution in [0.4, 0.5) is 0 Å². The average molecular weight is 318 g/mol. The number of rotatable bonds is 2. The molecule has 0 radical (unpaired) electrons. The summed E-state index contributed by atoms with van der Waals surface area (Å²) in [7, 11) is 1.72. The van der Waals surface area contributed by atoms with E-state index in [1.165, 1.54) is 43.7 Å². The maximum Gasteiger partial charge on any atom is 0.119 e. The molecular formula is C21H22N2O. The lowest BCUT2D eigenvalue weighted by Crippen LogP contribution is -2.02. The number of aryl methyl sites for hydroxylation is 2. The molecule has 24 heavy (non-hydrogen) atoms. The van der Waals surface area contributed by atoms with E-state index in [0.29, 0.717) is 6.04 Å². The highest BCUT2D eigenvalue weighted by atomic mass is 16.5. The van der Waals surface area contributed by atoms with Gasteiger partial charge in [0.15, 0.2) is 0 Å². The minimum absolute atomic E-state index is 0.385. The maximum atomic E-state index is 5.48. The number of nitrogens with zero attached hydrogens (tertiary/aromatic N) is 2. The molecule has 3 heteroatoms. The van der Waals surface area contributed by atoms with Crippen molar-refractivity contribution in [3.8, 4) is 5.75 Å². The fourth-order valence-corrected chi connectivity index (χ4v) is 3.99. The number of benzene rings is 2. The van der Waals surface area contributed by atoms with Crippen LogP contribution < -0.4 is 4.74 Å². The molecule has 2 heterocycles. The lowest BCUT2D eigenvalue weighted by Gasteiger charge is -2.15. The Bertz CT molecular complexity index is 1090. The summed E-state index contributed by atoms with van der Waals surface area (Å²) < 4.78 is 7.93. The van der Waals surface area contributed by atoms with Crippen LogP contribution in [0, 0.1) is 13.8 Å². The Morgan fingerprint density at radius 1 is 1.00 bits per heavy atom. The van der Waals surface area contributed by atoms with Crippen molar-refractivity contribution in [2.24, 2.45) is 0 Å². The molecule has 0 amide bonds. The van der Waals surface area contributed by atoms with Crippen molar-refractivity contribution in [2.75, 3.05) is 7.11 Å². The molecule has 0 unspecified atom stereocenters. The van der Waals surface area contributed by atoms with Crippen molar-refractivity contribution in [2.45, 2.75) is 33.7 Å². The lowest BCUT2D eigenvalue weighted by atomic mass is 9.97. The molecule has 0 N–H and O–H groups in total. The Kier molecular flexibility index (Phi) is 3.27. The number of aromatic nitrogens is 2. The zero-order valence-electron chi connectivity index (χ0n) is 14.8. The Hall–Kier alpha value is -2.55. The SMILES string of the molecule is COc1ccc2c(c1)c1c(C)c3cnccc3c(C)c1n2C(C)C. The van der Waals surface area contributed by atoms with Crippen molar-refractivity contribution in [1.82, 2.24) is 9.55 Å². The second-order valence-corrected chi connectivity index (χ2v) is 6.74. The van der Waals surface area contributed by atoms with Gasteiger partial charge in [0.1, 0.15) is 5.75 Å². The van der Waals surface area contributed by atoms with Crippen LogP contribution in [0.2, 0.25) is 0 Å². The molecule has 0 aliphatic rings. The number of pyridine rings is 1. The molecule has 122 valence electrons. The molecule has 2 aromatic carbocycles. The summed E-state index contributed by atoms with van der Waals surface area (Å²) in [6.45, 7) is 8.91. The number of hydrogen-bond donors (Lipinski definition) is 0. The van der Waals surface area contributed by atoms with E-state index >= 15 is 0 Å². The zero-order valence-corrected chi connectivity index (χ0v) is 14.8. The van der Waals surface area contributed by atoms with Crippen LogP contribution >= 0.6 is 0 Å². The Labute approximate surface area is 141 Å². The summed E-state index contributed by atoms with van der Waals surface area (Å²) in [5.74, 6) is 0.897. The molecule has 0 saturated heterocycles. The van der Waals surface area contributed by atoms with Gasteiger partial charge in [-0.2, -0.15) is 0 Å². The normalized spacial score (nSPS) is 11.9. The van der Waals surface area contributed by atoms with Gasteiger partial charge in [0.05, 0.1) is 12.6 Å². The molecule has 0 saturated carbocycles. The molecule has 3 nitrogen and oxygen atoms in total. The number of hydrogen-bond acceptors (Lipinski definition) is 2. The molecule has 4 rings (SSSR count). The van der Waals surface area contributed by atoms with Gasteiger partial charge in [0, 0.05) is 40.1 Å². The minimum atomic E-state index is 0.385. The van der Waals surface area contributed by atoms with Crippen molar-refractivity contribution in [3.05, 3.63) is 47.8 Å². The quantitative estimate of drug-likeness (QED) is 0.484. The molecule has 0 bridgehead atoms.